The lowest BCUT2D eigenvalue weighted by Crippen LogP contribution is -2.60. The fraction of sp³-hybridized carbons (Fsp3) is 0.662. The van der Waals surface area contributed by atoms with Crippen molar-refractivity contribution >= 4 is 107 Å². The van der Waals surface area contributed by atoms with Crippen molar-refractivity contribution < 1.29 is 137 Å². The summed E-state index contributed by atoms with van der Waals surface area (Å²) in [7, 11) is 0. The average molecular weight is 1670 g/mol. The number of benzene rings is 1. The van der Waals surface area contributed by atoms with Gasteiger partial charge in [-0.05, 0) is 89.2 Å². The molecule has 0 spiro atoms. The number of rotatable bonds is 51. The summed E-state index contributed by atoms with van der Waals surface area (Å²) in [6.07, 6.45) is -14.5. The molecule has 46 heteroatoms. The van der Waals surface area contributed by atoms with Gasteiger partial charge in [-0.15, -0.1) is 0 Å². The quantitative estimate of drug-likeness (QED) is 0.0269. The third-order valence-corrected chi connectivity index (χ3v) is 19.4. The van der Waals surface area contributed by atoms with Crippen LogP contribution in [0.25, 0.3) is 0 Å². The van der Waals surface area contributed by atoms with Gasteiger partial charge in [-0.2, -0.15) is 0 Å². The summed E-state index contributed by atoms with van der Waals surface area (Å²) < 4.78 is 11.3. The van der Waals surface area contributed by atoms with E-state index < -0.39 is 300 Å². The number of β-amino-alcohol motifs (C(OH)–C–C–N with tert-alkyl or cyclic N) is 1. The Morgan fingerprint density at radius 1 is 0.547 bits per heavy atom. The first-order valence-corrected chi connectivity index (χ1v) is 38.2. The fourth-order valence-electron chi connectivity index (χ4n) is 12.6. The second-order valence-corrected chi connectivity index (χ2v) is 28.4. The zero-order valence-electron chi connectivity index (χ0n) is 65.1. The van der Waals surface area contributed by atoms with Crippen LogP contribution in [0.15, 0.2) is 30.3 Å². The maximum atomic E-state index is 14.6. The lowest BCUT2D eigenvalue weighted by atomic mass is 9.98. The van der Waals surface area contributed by atoms with Gasteiger partial charge < -0.3 is 147 Å². The van der Waals surface area contributed by atoms with Crippen molar-refractivity contribution in [2.75, 3.05) is 65.5 Å². The molecule has 3 fully saturated rings. The van der Waals surface area contributed by atoms with Gasteiger partial charge in [0, 0.05) is 51.7 Å². The Morgan fingerprint density at radius 3 is 1.68 bits per heavy atom. The monoisotopic (exact) mass is 1660 g/mol. The lowest BCUT2D eigenvalue weighted by molar-refractivity contribution is -0.310. The molecule has 18 atom stereocenters. The van der Waals surface area contributed by atoms with Crippen molar-refractivity contribution in [3.63, 3.8) is 0 Å². The molecule has 0 saturated carbocycles. The van der Waals surface area contributed by atoms with E-state index in [2.05, 4.69) is 63.8 Å². The highest BCUT2D eigenvalue weighted by molar-refractivity contribution is 5.99. The molecule has 1 aromatic rings. The van der Waals surface area contributed by atoms with Crippen molar-refractivity contribution in [2.45, 2.75) is 227 Å². The molecule has 28 N–H and O–H groups in total. The Kier molecular flexibility index (Phi) is 42.2. The van der Waals surface area contributed by atoms with Crippen molar-refractivity contribution in [3.05, 3.63) is 35.9 Å². The lowest BCUT2D eigenvalue weighted by Gasteiger charge is -2.40. The second-order valence-electron chi connectivity index (χ2n) is 28.4. The van der Waals surface area contributed by atoms with Crippen LogP contribution in [0.4, 0.5) is 0 Å². The van der Waals surface area contributed by atoms with Crippen LogP contribution in [-0.2, 0) is 102 Å². The van der Waals surface area contributed by atoms with Gasteiger partial charge in [-0.3, -0.25) is 81.5 Å². The summed E-state index contributed by atoms with van der Waals surface area (Å²) in [5.74, 6) is -19.4. The summed E-state index contributed by atoms with van der Waals surface area (Å²) in [5.41, 5.74) is 22.7. The van der Waals surface area contributed by atoms with Gasteiger partial charge in [-0.1, -0.05) is 50.6 Å². The molecule has 1 aromatic carbocycles. The molecular weight excluding hydrogens is 1550 g/mol. The number of likely N-dealkylation sites (tertiary alicyclic amines) is 2. The molecule has 0 aliphatic carbocycles. The Bertz CT molecular complexity index is 3600. The minimum atomic E-state index is -1.92. The zero-order chi connectivity index (χ0) is 87.3. The normalized spacial score (nSPS) is 20.8. The van der Waals surface area contributed by atoms with Gasteiger partial charge >= 0.3 is 17.9 Å². The van der Waals surface area contributed by atoms with Crippen LogP contribution in [0.5, 0.6) is 0 Å². The predicted octanol–water partition coefficient (Wildman–Crippen LogP) is -11.3. The molecule has 0 bridgehead atoms. The van der Waals surface area contributed by atoms with Gasteiger partial charge in [-0.25, -0.2) is 4.79 Å². The van der Waals surface area contributed by atoms with Crippen molar-refractivity contribution in [1.82, 2.24) is 73.6 Å². The topological polar surface area (TPSA) is 742 Å². The molecule has 654 valence electrons. The highest BCUT2D eigenvalue weighted by Gasteiger charge is 2.46. The van der Waals surface area contributed by atoms with E-state index in [0.717, 1.165) is 9.80 Å². The number of carbonyl (C=O) groups is 18. The number of nitrogens with one attached hydrogen (secondary N) is 12. The number of carboxylic acid groups (broad SMARTS) is 3. The number of carboxylic acids is 3. The molecule has 0 unspecified atom stereocenters. The van der Waals surface area contributed by atoms with Gasteiger partial charge in [0.25, 0.3) is 0 Å². The van der Waals surface area contributed by atoms with Crippen LogP contribution in [0.2, 0.25) is 0 Å². The van der Waals surface area contributed by atoms with E-state index in [1.165, 1.54) is 6.92 Å². The van der Waals surface area contributed by atoms with Gasteiger partial charge in [0.05, 0.1) is 51.5 Å². The van der Waals surface area contributed by atoms with E-state index in [1.54, 1.807) is 44.2 Å². The van der Waals surface area contributed by atoms with Gasteiger partial charge in [0.15, 0.2) is 6.29 Å². The number of aliphatic hydroxyl groups is 5. The largest absolute Gasteiger partial charge is 0.481 e. The van der Waals surface area contributed by atoms with Crippen LogP contribution in [-0.4, -0.2) is 326 Å². The zero-order valence-corrected chi connectivity index (χ0v) is 65.1. The smallest absolute Gasteiger partial charge is 0.326 e. The van der Waals surface area contributed by atoms with Gasteiger partial charge in [0.1, 0.15) is 84.8 Å². The van der Waals surface area contributed by atoms with Crippen LogP contribution in [0, 0.1) is 5.92 Å². The van der Waals surface area contributed by atoms with Crippen LogP contribution in [0.1, 0.15) is 123 Å². The third kappa shape index (κ3) is 33.1. The summed E-state index contributed by atoms with van der Waals surface area (Å²) >= 11 is 0. The Balaban J connectivity index is 1.51. The van der Waals surface area contributed by atoms with Crippen LogP contribution < -0.4 is 86.7 Å². The molecule has 117 heavy (non-hydrogen) atoms. The number of hydrogen-bond acceptors (Lipinski definition) is 28. The summed E-state index contributed by atoms with van der Waals surface area (Å²) in [5, 5.41) is 109. The molecule has 4 rings (SSSR count). The fourth-order valence-corrected chi connectivity index (χ4v) is 12.6. The second kappa shape index (κ2) is 50.0. The van der Waals surface area contributed by atoms with E-state index in [1.807, 2.05) is 0 Å². The van der Waals surface area contributed by atoms with E-state index in [-0.39, 0.29) is 64.6 Å². The molecule has 3 aliphatic rings. The molecule has 0 radical (unpaired) electrons. The number of nitrogens with zero attached hydrogens (tertiary/aromatic N) is 2. The highest BCUT2D eigenvalue weighted by Crippen LogP contribution is 2.26. The Morgan fingerprint density at radius 2 is 1.10 bits per heavy atom. The Labute approximate surface area is 671 Å². The van der Waals surface area contributed by atoms with Crippen molar-refractivity contribution in [2.24, 2.45) is 28.9 Å². The van der Waals surface area contributed by atoms with E-state index in [4.69, 9.17) is 32.4 Å². The minimum Gasteiger partial charge on any atom is -0.481 e. The van der Waals surface area contributed by atoms with E-state index in [0.29, 0.717) is 24.8 Å². The molecule has 15 amide bonds. The number of amides is 15. The standard InChI is InChI=1S/C71H112N18O28/c1-4-35(2)57(87-53(96)31-78-66(110)47-26-38(91)33-89(47)69(113)43(19-22-56(100)101)82-50(93)28-74)68(112)80-36(3)61(105)76-29-52(95)83-45(25-37-11-6-5-7-12-37)65(109)85-40(16-15-39(27-73)116-71-60(104)59(103)58(102)48(34-90)117-71)62(106)77-30-51(94)81-42(18-21-55(98)99)64(108)84-41(17-20-49(75)92)63(107)79-32-54(97)88-24-10-14-46(88)67(111)86-44(70(114)115)13-8-9-23-72/h5-7,11-12,35-36,38-48,57-60,71,90-91,102-104H,4,8-10,13-34,72-74H2,1-3H3,(H2,75,92)(H,76,105)(H,77,106)(H,78,110)(H,79,107)(H,80,112)(H,81,94)(H,82,93)(H,83,95)(H,84,108)(H,85,109)(H,86,111)(H,87,96)(H,98,99)(H,100,101)(H,114,115)/t35-,36-,38+,39+,40-,41-,42-,43-,44-,45-,46-,47-,48+,57-,58-,59-,60+,71+/m0/s1. The summed E-state index contributed by atoms with van der Waals surface area (Å²) in [4.78, 5) is 240. The summed E-state index contributed by atoms with van der Waals surface area (Å²) in [6, 6.07) is -6.96. The third-order valence-electron chi connectivity index (χ3n) is 19.4. The molecule has 3 heterocycles. The maximum absolute atomic E-state index is 14.6. The molecule has 0 aromatic heterocycles. The van der Waals surface area contributed by atoms with E-state index in [9.17, 15) is 127 Å². The maximum Gasteiger partial charge on any atom is 0.326 e. The van der Waals surface area contributed by atoms with Crippen molar-refractivity contribution in [1.29, 1.82) is 0 Å². The molecule has 3 saturated heterocycles. The van der Waals surface area contributed by atoms with Gasteiger partial charge in [0.2, 0.25) is 88.6 Å². The molecule has 46 nitrogen and oxygen atoms in total. The van der Waals surface area contributed by atoms with Crippen LogP contribution in [0.3, 0.4) is 0 Å². The number of carbonyl (C=O) groups excluding carboxylic acids is 15. The highest BCUT2D eigenvalue weighted by atomic mass is 16.7. The van der Waals surface area contributed by atoms with E-state index >= 15 is 0 Å². The number of primary amides is 1. The Hall–Kier alpha value is -10.7. The number of aliphatic carboxylic acids is 3. The molecular formula is C71H112N18O28. The number of ether oxygens (including phenoxy) is 2. The number of nitrogens with two attached hydrogens (primary N) is 4. The van der Waals surface area contributed by atoms with Crippen molar-refractivity contribution in [3.8, 4) is 0 Å². The predicted molar refractivity (Wildman–Crippen MR) is 402 cm³/mol. The SMILES string of the molecule is CC[C@H](C)[C@H](NC(=O)CNC(=O)[C@@H]1C[C@@H](O)CN1C(=O)[C@H](CCC(=O)O)NC(=O)CN)C(=O)N[C@@H](C)C(=O)NCC(=O)N[C@@H](Cc1ccccc1)C(=O)N[C@@H](CC[C@H](CN)O[C@@H]1O[C@H](CO)[C@H](O)[C@H](O)[C@H]1O)C(=O)NCC(=O)N[C@@H](CCC(=O)O)C(=O)N[C@@H](CCC(N)=O)C(=O)NCC(=O)N1CCC[C@H]1C(=O)N[C@@H](CCCCN)C(=O)O. The first-order valence-electron chi connectivity index (χ1n) is 38.2. The number of unbranched alkanes of at least 4 members (excludes halogenated alkanes) is 1. The first-order chi connectivity index (χ1) is 55.4. The number of hydrogen-bond donors (Lipinski definition) is 24. The summed E-state index contributed by atoms with van der Waals surface area (Å²) in [6.45, 7) is -0.860. The first kappa shape index (κ1) is 98.6. The number of aliphatic hydroxyl groups excluding tert-OH is 5. The molecule has 3 aliphatic heterocycles. The average Bonchev–Trinajstić information content (AvgIpc) is 1.77. The minimum absolute atomic E-state index is 0.0376. The van der Waals surface area contributed by atoms with Crippen LogP contribution >= 0.6 is 0 Å².